The maximum Gasteiger partial charge on any atom is 0.0499 e. The van der Waals surface area contributed by atoms with Crippen molar-refractivity contribution in [3.8, 4) is 0 Å². The summed E-state index contributed by atoms with van der Waals surface area (Å²) in [5, 5.41) is 0. The largest absolute Gasteiger partial charge is 0.323 e. The topological polar surface area (TPSA) is 4.93 Å². The van der Waals surface area contributed by atoms with Crippen molar-refractivity contribution >= 4 is 6.20 Å². The van der Waals surface area contributed by atoms with Crippen molar-refractivity contribution in [2.24, 2.45) is 0 Å². The van der Waals surface area contributed by atoms with Gasteiger partial charge in [-0.25, -0.2) is 0 Å². The third kappa shape index (κ3) is 0.895. The Morgan fingerprint density at radius 3 is 2.50 bits per heavy atom. The van der Waals surface area contributed by atoms with Crippen LogP contribution in [0.25, 0.3) is 6.20 Å². The Bertz CT molecular complexity index is 190. The van der Waals surface area contributed by atoms with Gasteiger partial charge in [0.2, 0.25) is 0 Å². The molecule has 0 aromatic carbocycles. The fourth-order valence-electron chi connectivity index (χ4n) is 0.539. The Hall–Kier alpha value is -1.20. The van der Waals surface area contributed by atoms with E-state index in [0.29, 0.717) is 0 Å². The summed E-state index contributed by atoms with van der Waals surface area (Å²) in [6, 6.07) is 3.90. The highest BCUT2D eigenvalue weighted by atomic mass is 14.9. The SMILES string of the molecule is C=C=Cn1cccc1. The zero-order valence-corrected chi connectivity index (χ0v) is 4.54. The molecular formula is C7H7N. The molecule has 0 saturated heterocycles. The molecule has 0 radical (unpaired) electrons. The van der Waals surface area contributed by atoms with E-state index in [0.717, 1.165) is 0 Å². The van der Waals surface area contributed by atoms with Crippen molar-refractivity contribution in [3.63, 3.8) is 0 Å². The number of hydrogen-bond donors (Lipinski definition) is 0. The summed E-state index contributed by atoms with van der Waals surface area (Å²) in [5.41, 5.74) is 2.66. The van der Waals surface area contributed by atoms with E-state index in [1.54, 1.807) is 6.20 Å². The summed E-state index contributed by atoms with van der Waals surface area (Å²) in [7, 11) is 0. The van der Waals surface area contributed by atoms with Crippen LogP contribution in [0.5, 0.6) is 0 Å². The van der Waals surface area contributed by atoms with Crippen LogP contribution in [0.15, 0.2) is 36.8 Å². The molecule has 0 aliphatic rings. The van der Waals surface area contributed by atoms with Gasteiger partial charge >= 0.3 is 0 Å². The van der Waals surface area contributed by atoms with Crippen molar-refractivity contribution < 1.29 is 0 Å². The number of rotatable bonds is 1. The summed E-state index contributed by atoms with van der Waals surface area (Å²) >= 11 is 0. The molecule has 1 rings (SSSR count). The van der Waals surface area contributed by atoms with Gasteiger partial charge < -0.3 is 4.57 Å². The van der Waals surface area contributed by atoms with Gasteiger partial charge in [-0.3, -0.25) is 0 Å². The molecule has 0 fully saturated rings. The van der Waals surface area contributed by atoms with E-state index in [2.05, 4.69) is 12.3 Å². The van der Waals surface area contributed by atoms with Gasteiger partial charge in [-0.15, -0.1) is 5.73 Å². The van der Waals surface area contributed by atoms with Gasteiger partial charge in [-0.2, -0.15) is 0 Å². The Kier molecular flexibility index (Phi) is 1.36. The normalized spacial score (nSPS) is 8.00. The molecule has 1 heteroatoms. The smallest absolute Gasteiger partial charge is 0.0499 e. The standard InChI is InChI=1S/C7H7N/c1-2-5-8-6-3-4-7-8/h3-7H,1H2. The van der Waals surface area contributed by atoms with E-state index in [-0.39, 0.29) is 0 Å². The lowest BCUT2D eigenvalue weighted by atomic mass is 10.7. The summed E-state index contributed by atoms with van der Waals surface area (Å²) < 4.78 is 1.88. The second kappa shape index (κ2) is 2.20. The van der Waals surface area contributed by atoms with E-state index in [4.69, 9.17) is 0 Å². The first kappa shape index (κ1) is 4.95. The third-order valence-corrected chi connectivity index (χ3v) is 0.868. The van der Waals surface area contributed by atoms with Gasteiger partial charge in [0.1, 0.15) is 0 Å². The summed E-state index contributed by atoms with van der Waals surface area (Å²) in [4.78, 5) is 0. The van der Waals surface area contributed by atoms with E-state index >= 15 is 0 Å². The molecule has 1 heterocycles. The van der Waals surface area contributed by atoms with Crippen molar-refractivity contribution in [3.05, 3.63) is 36.8 Å². The highest BCUT2D eigenvalue weighted by molar-refractivity contribution is 5.20. The van der Waals surface area contributed by atoms with Gasteiger partial charge in [0.05, 0.1) is 0 Å². The first-order chi connectivity index (χ1) is 3.93. The Balaban J connectivity index is 2.93. The Morgan fingerprint density at radius 2 is 2.00 bits per heavy atom. The average Bonchev–Trinajstić information content (AvgIpc) is 2.19. The molecule has 0 atom stereocenters. The highest BCUT2D eigenvalue weighted by Gasteiger charge is 1.73. The van der Waals surface area contributed by atoms with Crippen molar-refractivity contribution in [1.29, 1.82) is 0 Å². The maximum atomic E-state index is 3.43. The van der Waals surface area contributed by atoms with Crippen LogP contribution < -0.4 is 0 Å². The predicted molar refractivity (Wildman–Crippen MR) is 34.3 cm³/mol. The molecule has 1 aromatic heterocycles. The van der Waals surface area contributed by atoms with Crippen molar-refractivity contribution in [1.82, 2.24) is 4.57 Å². The summed E-state index contributed by atoms with van der Waals surface area (Å²) in [6.45, 7) is 3.43. The van der Waals surface area contributed by atoms with Gasteiger partial charge in [0, 0.05) is 18.6 Å². The van der Waals surface area contributed by atoms with Gasteiger partial charge in [-0.05, 0) is 12.1 Å². The monoisotopic (exact) mass is 105 g/mol. The maximum absolute atomic E-state index is 3.43. The molecule has 0 saturated carbocycles. The highest BCUT2D eigenvalue weighted by Crippen LogP contribution is 1.87. The summed E-state index contributed by atoms with van der Waals surface area (Å²) in [5.74, 6) is 0. The molecular weight excluding hydrogens is 98.1 g/mol. The van der Waals surface area contributed by atoms with Gasteiger partial charge in [-0.1, -0.05) is 6.58 Å². The van der Waals surface area contributed by atoms with Crippen LogP contribution in [0, 0.1) is 0 Å². The molecule has 0 aliphatic carbocycles. The van der Waals surface area contributed by atoms with Gasteiger partial charge in [0.25, 0.3) is 0 Å². The fraction of sp³-hybridized carbons (Fsp3) is 0. The minimum Gasteiger partial charge on any atom is -0.323 e. The van der Waals surface area contributed by atoms with E-state index < -0.39 is 0 Å². The lowest BCUT2D eigenvalue weighted by Gasteiger charge is -1.82. The van der Waals surface area contributed by atoms with Crippen molar-refractivity contribution in [2.45, 2.75) is 0 Å². The molecule has 0 aliphatic heterocycles. The number of aromatic nitrogens is 1. The van der Waals surface area contributed by atoms with Crippen LogP contribution in [-0.4, -0.2) is 4.57 Å². The summed E-state index contributed by atoms with van der Waals surface area (Å²) in [6.07, 6.45) is 5.62. The lowest BCUT2D eigenvalue weighted by Crippen LogP contribution is -1.73. The molecule has 0 unspecified atom stereocenters. The first-order valence-corrected chi connectivity index (χ1v) is 2.42. The lowest BCUT2D eigenvalue weighted by molar-refractivity contribution is 1.17. The molecule has 40 valence electrons. The Morgan fingerprint density at radius 1 is 1.38 bits per heavy atom. The minimum atomic E-state index is 1.76. The van der Waals surface area contributed by atoms with Crippen LogP contribution in [-0.2, 0) is 0 Å². The zero-order valence-electron chi connectivity index (χ0n) is 4.54. The molecule has 1 nitrogen and oxygen atoms in total. The van der Waals surface area contributed by atoms with Crippen molar-refractivity contribution in [2.75, 3.05) is 0 Å². The van der Waals surface area contributed by atoms with Crippen LogP contribution in [0.4, 0.5) is 0 Å². The minimum absolute atomic E-state index is 1.76. The second-order valence-corrected chi connectivity index (χ2v) is 1.46. The van der Waals surface area contributed by atoms with Crippen LogP contribution in [0.3, 0.4) is 0 Å². The zero-order chi connectivity index (χ0) is 5.82. The average molecular weight is 105 g/mol. The van der Waals surface area contributed by atoms with Crippen LogP contribution in [0.2, 0.25) is 0 Å². The molecule has 1 aromatic rings. The molecule has 0 amide bonds. The van der Waals surface area contributed by atoms with Gasteiger partial charge in [0.15, 0.2) is 0 Å². The van der Waals surface area contributed by atoms with Crippen LogP contribution >= 0.6 is 0 Å². The molecule has 0 N–H and O–H groups in total. The van der Waals surface area contributed by atoms with E-state index in [9.17, 15) is 0 Å². The fourth-order valence-corrected chi connectivity index (χ4v) is 0.539. The van der Waals surface area contributed by atoms with E-state index in [1.165, 1.54) is 0 Å². The molecule has 8 heavy (non-hydrogen) atoms. The first-order valence-electron chi connectivity index (χ1n) is 2.42. The predicted octanol–water partition coefficient (Wildman–Crippen LogP) is 1.74. The van der Waals surface area contributed by atoms with Crippen LogP contribution in [0.1, 0.15) is 0 Å². The quantitative estimate of drug-likeness (QED) is 0.479. The number of hydrogen-bond acceptors (Lipinski definition) is 0. The van der Waals surface area contributed by atoms with E-state index in [1.807, 2.05) is 29.1 Å². The Labute approximate surface area is 48.6 Å². The second-order valence-electron chi connectivity index (χ2n) is 1.46. The third-order valence-electron chi connectivity index (χ3n) is 0.868. The molecule has 0 bridgehead atoms. The number of nitrogens with zero attached hydrogens (tertiary/aromatic N) is 1. The molecule has 0 spiro atoms.